The van der Waals surface area contributed by atoms with Gasteiger partial charge in [0.1, 0.15) is 12.3 Å². The van der Waals surface area contributed by atoms with Gasteiger partial charge in [-0.1, -0.05) is 26.8 Å². The Morgan fingerprint density at radius 3 is 2.64 bits per heavy atom. The molecule has 0 aliphatic carbocycles. The van der Waals surface area contributed by atoms with Crippen LogP contribution in [-0.4, -0.2) is 30.5 Å². The van der Waals surface area contributed by atoms with Gasteiger partial charge in [0.15, 0.2) is 5.60 Å². The number of carbonyl (C=O) groups is 2. The molecule has 0 saturated heterocycles. The van der Waals surface area contributed by atoms with Crippen LogP contribution in [0.15, 0.2) is 18.2 Å². The molecular formula is C19H29N3O3. The smallest absolute Gasteiger partial charge is 0.271 e. The maximum atomic E-state index is 12.8. The predicted molar refractivity (Wildman–Crippen MR) is 98.6 cm³/mol. The summed E-state index contributed by atoms with van der Waals surface area (Å²) in [5.41, 5.74) is 6.63. The number of amides is 2. The number of ether oxygens (including phenoxy) is 1. The van der Waals surface area contributed by atoms with Crippen LogP contribution in [0.1, 0.15) is 52.6 Å². The number of anilines is 1. The average Bonchev–Trinajstić information content (AvgIpc) is 2.55. The summed E-state index contributed by atoms with van der Waals surface area (Å²) in [5.74, 6) is 0.522. The van der Waals surface area contributed by atoms with Crippen molar-refractivity contribution < 1.29 is 14.3 Å². The zero-order valence-corrected chi connectivity index (χ0v) is 15.8. The Labute approximate surface area is 149 Å². The normalized spacial score (nSPS) is 17.1. The second-order valence-electron chi connectivity index (χ2n) is 7.44. The second-order valence-corrected chi connectivity index (χ2v) is 7.44. The third kappa shape index (κ3) is 4.31. The zero-order valence-electron chi connectivity index (χ0n) is 15.8. The summed E-state index contributed by atoms with van der Waals surface area (Å²) < 4.78 is 5.85. The van der Waals surface area contributed by atoms with Crippen LogP contribution in [0.25, 0.3) is 0 Å². The SMILES string of the molecule is CCC(N)c1ccc2c(c1)N(CC(=O)NCC(C)C)C(=O)C(C)(C)O2. The van der Waals surface area contributed by atoms with Crippen molar-refractivity contribution in [1.82, 2.24) is 5.32 Å². The van der Waals surface area contributed by atoms with Crippen LogP contribution in [0, 0.1) is 5.92 Å². The number of nitrogens with zero attached hydrogens (tertiary/aromatic N) is 1. The third-order valence-corrected chi connectivity index (χ3v) is 4.28. The summed E-state index contributed by atoms with van der Waals surface area (Å²) in [6, 6.07) is 5.47. The van der Waals surface area contributed by atoms with Crippen molar-refractivity contribution in [2.75, 3.05) is 18.0 Å². The maximum Gasteiger partial charge on any atom is 0.271 e. The summed E-state index contributed by atoms with van der Waals surface area (Å²) in [4.78, 5) is 26.6. The molecule has 6 nitrogen and oxygen atoms in total. The van der Waals surface area contributed by atoms with Crippen LogP contribution in [0.2, 0.25) is 0 Å². The molecule has 1 heterocycles. The molecular weight excluding hydrogens is 318 g/mol. The number of carbonyl (C=O) groups excluding carboxylic acids is 2. The lowest BCUT2D eigenvalue weighted by Gasteiger charge is -2.38. The summed E-state index contributed by atoms with van der Waals surface area (Å²) in [6.07, 6.45) is 0.786. The van der Waals surface area contributed by atoms with Gasteiger partial charge in [-0.05, 0) is 43.9 Å². The minimum absolute atomic E-state index is 0.0316. The van der Waals surface area contributed by atoms with Gasteiger partial charge in [0.05, 0.1) is 5.69 Å². The fourth-order valence-electron chi connectivity index (χ4n) is 2.73. The van der Waals surface area contributed by atoms with E-state index < -0.39 is 5.60 Å². The molecule has 0 saturated carbocycles. The van der Waals surface area contributed by atoms with E-state index in [0.717, 1.165) is 12.0 Å². The lowest BCUT2D eigenvalue weighted by atomic mass is 9.99. The van der Waals surface area contributed by atoms with Crippen LogP contribution in [0.5, 0.6) is 5.75 Å². The van der Waals surface area contributed by atoms with Crippen LogP contribution in [0.3, 0.4) is 0 Å². The molecule has 1 atom stereocenters. The Morgan fingerprint density at radius 1 is 1.36 bits per heavy atom. The van der Waals surface area contributed by atoms with Gasteiger partial charge in [-0.25, -0.2) is 0 Å². The largest absolute Gasteiger partial charge is 0.476 e. The fraction of sp³-hybridized carbons (Fsp3) is 0.579. The number of nitrogens with two attached hydrogens (primary N) is 1. The first-order valence-corrected chi connectivity index (χ1v) is 8.83. The van der Waals surface area contributed by atoms with E-state index in [0.29, 0.717) is 23.9 Å². The molecule has 0 aromatic heterocycles. The van der Waals surface area contributed by atoms with E-state index >= 15 is 0 Å². The molecule has 2 amide bonds. The summed E-state index contributed by atoms with van der Waals surface area (Å²) in [6.45, 7) is 10.0. The lowest BCUT2D eigenvalue weighted by molar-refractivity contribution is -0.134. The highest BCUT2D eigenvalue weighted by Gasteiger charge is 2.41. The number of hydrogen-bond donors (Lipinski definition) is 2. The third-order valence-electron chi connectivity index (χ3n) is 4.28. The van der Waals surface area contributed by atoms with Gasteiger partial charge < -0.3 is 15.8 Å². The Hall–Kier alpha value is -2.08. The number of benzene rings is 1. The molecule has 138 valence electrons. The van der Waals surface area contributed by atoms with Gasteiger partial charge in [-0.3, -0.25) is 14.5 Å². The average molecular weight is 347 g/mol. The van der Waals surface area contributed by atoms with E-state index in [2.05, 4.69) is 5.32 Å². The van der Waals surface area contributed by atoms with Crippen molar-refractivity contribution in [2.24, 2.45) is 11.7 Å². The van der Waals surface area contributed by atoms with Crippen LogP contribution < -0.4 is 20.7 Å². The van der Waals surface area contributed by atoms with Gasteiger partial charge in [0.2, 0.25) is 5.91 Å². The highest BCUT2D eigenvalue weighted by atomic mass is 16.5. The first-order valence-electron chi connectivity index (χ1n) is 8.83. The van der Waals surface area contributed by atoms with Crippen molar-refractivity contribution in [1.29, 1.82) is 0 Å². The molecule has 3 N–H and O–H groups in total. The standard InChI is InChI=1S/C19H29N3O3/c1-6-14(20)13-7-8-16-15(9-13)22(18(24)19(4,5)25-16)11-17(23)21-10-12(2)3/h7-9,12,14H,6,10-11,20H2,1-5H3,(H,21,23). The topological polar surface area (TPSA) is 84.7 Å². The number of rotatable bonds is 6. The highest BCUT2D eigenvalue weighted by Crippen LogP contribution is 2.39. The minimum atomic E-state index is -1.01. The molecule has 0 bridgehead atoms. The molecule has 0 radical (unpaired) electrons. The number of fused-ring (bicyclic) bond motifs is 1. The van der Waals surface area contributed by atoms with Gasteiger partial charge in [0.25, 0.3) is 5.91 Å². The number of nitrogens with one attached hydrogen (secondary N) is 1. The van der Waals surface area contributed by atoms with E-state index in [1.54, 1.807) is 13.8 Å². The molecule has 0 fully saturated rings. The first kappa shape index (κ1) is 19.2. The van der Waals surface area contributed by atoms with E-state index in [4.69, 9.17) is 10.5 Å². The van der Waals surface area contributed by atoms with Crippen molar-refractivity contribution >= 4 is 17.5 Å². The Bertz CT molecular complexity index is 655. The zero-order chi connectivity index (χ0) is 18.8. The van der Waals surface area contributed by atoms with Crippen molar-refractivity contribution in [3.63, 3.8) is 0 Å². The molecule has 2 rings (SSSR count). The molecule has 1 aliphatic heterocycles. The molecule has 0 spiro atoms. The van der Waals surface area contributed by atoms with Gasteiger partial charge >= 0.3 is 0 Å². The van der Waals surface area contributed by atoms with Crippen molar-refractivity contribution in [3.8, 4) is 5.75 Å². The fourth-order valence-corrected chi connectivity index (χ4v) is 2.73. The molecule has 25 heavy (non-hydrogen) atoms. The first-order chi connectivity index (χ1) is 11.7. The van der Waals surface area contributed by atoms with Crippen LogP contribution in [-0.2, 0) is 9.59 Å². The van der Waals surface area contributed by atoms with Gasteiger partial charge in [0, 0.05) is 12.6 Å². The van der Waals surface area contributed by atoms with E-state index in [1.807, 2.05) is 39.0 Å². The van der Waals surface area contributed by atoms with Crippen molar-refractivity contribution in [3.05, 3.63) is 23.8 Å². The molecule has 6 heteroatoms. The van der Waals surface area contributed by atoms with Crippen LogP contribution in [0.4, 0.5) is 5.69 Å². The lowest BCUT2D eigenvalue weighted by Crippen LogP contribution is -2.55. The predicted octanol–water partition coefficient (Wildman–Crippen LogP) is 2.37. The summed E-state index contributed by atoms with van der Waals surface area (Å²) in [5, 5.41) is 2.86. The molecule has 1 unspecified atom stereocenters. The van der Waals surface area contributed by atoms with Crippen LogP contribution >= 0.6 is 0 Å². The molecule has 1 aromatic rings. The van der Waals surface area contributed by atoms with E-state index in [9.17, 15) is 9.59 Å². The van der Waals surface area contributed by atoms with E-state index in [1.165, 1.54) is 4.90 Å². The minimum Gasteiger partial charge on any atom is -0.476 e. The second kappa shape index (κ2) is 7.44. The highest BCUT2D eigenvalue weighted by molar-refractivity contribution is 6.05. The quantitative estimate of drug-likeness (QED) is 0.827. The van der Waals surface area contributed by atoms with Gasteiger partial charge in [-0.15, -0.1) is 0 Å². The van der Waals surface area contributed by atoms with Gasteiger partial charge in [-0.2, -0.15) is 0 Å². The van der Waals surface area contributed by atoms with Crippen molar-refractivity contribution in [2.45, 2.75) is 52.7 Å². The Kier molecular flexibility index (Phi) is 5.72. The molecule has 1 aromatic carbocycles. The maximum absolute atomic E-state index is 12.8. The number of hydrogen-bond acceptors (Lipinski definition) is 4. The Morgan fingerprint density at radius 2 is 2.04 bits per heavy atom. The monoisotopic (exact) mass is 347 g/mol. The molecule has 1 aliphatic rings. The Balaban J connectivity index is 2.33. The summed E-state index contributed by atoms with van der Waals surface area (Å²) in [7, 11) is 0. The summed E-state index contributed by atoms with van der Waals surface area (Å²) >= 11 is 0. The van der Waals surface area contributed by atoms with E-state index in [-0.39, 0.29) is 24.4 Å².